The van der Waals surface area contributed by atoms with E-state index in [2.05, 4.69) is 13.8 Å². The summed E-state index contributed by atoms with van der Waals surface area (Å²) in [6.07, 6.45) is 5.60. The predicted octanol–water partition coefficient (Wildman–Crippen LogP) is 4.67. The van der Waals surface area contributed by atoms with Crippen LogP contribution in [0.1, 0.15) is 39.5 Å². The van der Waals surface area contributed by atoms with Crippen LogP contribution < -0.4 is 0 Å². The van der Waals surface area contributed by atoms with Gasteiger partial charge in [-0.15, -0.1) is 11.6 Å². The van der Waals surface area contributed by atoms with E-state index < -0.39 is 11.3 Å². The van der Waals surface area contributed by atoms with Gasteiger partial charge in [0, 0.05) is 0 Å². The van der Waals surface area contributed by atoms with Crippen LogP contribution in [0.2, 0.25) is 0 Å². The summed E-state index contributed by atoms with van der Waals surface area (Å²) in [6, 6.07) is 0. The first-order valence-corrected chi connectivity index (χ1v) is 7.04. The van der Waals surface area contributed by atoms with Gasteiger partial charge in [0.1, 0.15) is 4.49 Å². The molecule has 0 rings (SSSR count). The molecule has 0 aliphatic rings. The Kier molecular flexibility index (Phi) is 10.1. The highest BCUT2D eigenvalue weighted by atomic mass is 35.5. The Labute approximate surface area is 118 Å². The molecule has 0 aliphatic heterocycles. The molecule has 5 heteroatoms. The first kappa shape index (κ1) is 17.1. The fraction of sp³-hybridized carbons (Fsp3) is 0.750. The molecule has 2 nitrogen and oxygen atoms in total. The maximum Gasteiger partial charge on any atom is 0.328 e. The second-order valence-corrected chi connectivity index (χ2v) is 5.38. The van der Waals surface area contributed by atoms with Crippen LogP contribution in [0, 0.1) is 5.92 Å². The van der Waals surface area contributed by atoms with Crippen LogP contribution in [0.15, 0.2) is 10.6 Å². The van der Waals surface area contributed by atoms with Crippen molar-refractivity contribution in [3.05, 3.63) is 10.6 Å². The van der Waals surface area contributed by atoms with E-state index in [4.69, 9.17) is 39.5 Å². The molecule has 17 heavy (non-hydrogen) atoms. The normalized spacial score (nSPS) is 13.9. The van der Waals surface area contributed by atoms with Crippen LogP contribution in [0.3, 0.4) is 0 Å². The lowest BCUT2D eigenvalue weighted by atomic mass is 10.0. The SMILES string of the molecule is CCCCC(CC)COC(=O)C(Cl)C=C(Cl)Cl. The van der Waals surface area contributed by atoms with Crippen molar-refractivity contribution in [2.45, 2.75) is 44.9 Å². The van der Waals surface area contributed by atoms with E-state index in [-0.39, 0.29) is 4.49 Å². The first-order chi connectivity index (χ1) is 8.01. The minimum Gasteiger partial charge on any atom is -0.464 e. The van der Waals surface area contributed by atoms with Gasteiger partial charge in [0.15, 0.2) is 5.38 Å². The number of halogens is 3. The molecule has 0 amide bonds. The summed E-state index contributed by atoms with van der Waals surface area (Å²) in [7, 11) is 0. The molecule has 0 radical (unpaired) electrons. The lowest BCUT2D eigenvalue weighted by Gasteiger charge is -2.15. The number of unbranched alkanes of at least 4 members (excludes halogenated alkanes) is 1. The fourth-order valence-corrected chi connectivity index (χ4v) is 1.93. The molecule has 0 saturated heterocycles. The number of esters is 1. The van der Waals surface area contributed by atoms with Crippen LogP contribution in [0.5, 0.6) is 0 Å². The summed E-state index contributed by atoms with van der Waals surface area (Å²) in [4.78, 5) is 11.5. The van der Waals surface area contributed by atoms with Gasteiger partial charge in [-0.2, -0.15) is 0 Å². The average molecular weight is 302 g/mol. The number of hydrogen-bond acceptors (Lipinski definition) is 2. The van der Waals surface area contributed by atoms with Crippen LogP contribution in [-0.4, -0.2) is 18.0 Å². The summed E-state index contributed by atoms with van der Waals surface area (Å²) in [6.45, 7) is 4.63. The minimum absolute atomic E-state index is 0.0278. The Hall–Kier alpha value is 0.0800. The Morgan fingerprint density at radius 1 is 1.35 bits per heavy atom. The van der Waals surface area contributed by atoms with Crippen molar-refractivity contribution in [2.24, 2.45) is 5.92 Å². The number of hydrogen-bond donors (Lipinski definition) is 0. The van der Waals surface area contributed by atoms with E-state index in [9.17, 15) is 4.79 Å². The van der Waals surface area contributed by atoms with Gasteiger partial charge >= 0.3 is 5.97 Å². The van der Waals surface area contributed by atoms with Crippen LogP contribution in [0.25, 0.3) is 0 Å². The molecule has 0 aliphatic carbocycles. The second kappa shape index (κ2) is 10.0. The Morgan fingerprint density at radius 2 is 2.00 bits per heavy atom. The summed E-state index contributed by atoms with van der Waals surface area (Å²) >= 11 is 16.6. The van der Waals surface area contributed by atoms with Crippen molar-refractivity contribution in [2.75, 3.05) is 6.61 Å². The van der Waals surface area contributed by atoms with Crippen molar-refractivity contribution in [1.29, 1.82) is 0 Å². The molecule has 0 spiro atoms. The maximum atomic E-state index is 11.5. The molecule has 100 valence electrons. The first-order valence-electron chi connectivity index (χ1n) is 5.84. The third kappa shape index (κ3) is 8.76. The number of ether oxygens (including phenoxy) is 1. The van der Waals surface area contributed by atoms with Crippen molar-refractivity contribution in [3.8, 4) is 0 Å². The summed E-state index contributed by atoms with van der Waals surface area (Å²) in [5, 5.41) is -0.913. The average Bonchev–Trinajstić information content (AvgIpc) is 2.28. The monoisotopic (exact) mass is 300 g/mol. The summed E-state index contributed by atoms with van der Waals surface area (Å²) < 4.78 is 5.09. The number of carbonyl (C=O) groups is 1. The van der Waals surface area contributed by atoms with E-state index in [1.165, 1.54) is 6.08 Å². The topological polar surface area (TPSA) is 26.3 Å². The third-order valence-electron chi connectivity index (χ3n) is 2.50. The molecule has 0 aromatic carbocycles. The Morgan fingerprint density at radius 3 is 2.47 bits per heavy atom. The van der Waals surface area contributed by atoms with Crippen molar-refractivity contribution in [3.63, 3.8) is 0 Å². The van der Waals surface area contributed by atoms with E-state index in [1.807, 2.05) is 0 Å². The lowest BCUT2D eigenvalue weighted by Crippen LogP contribution is -2.20. The highest BCUT2D eigenvalue weighted by molar-refractivity contribution is 6.56. The van der Waals surface area contributed by atoms with Gasteiger partial charge in [-0.05, 0) is 18.4 Å². The quantitative estimate of drug-likeness (QED) is 0.481. The minimum atomic E-state index is -0.913. The molecule has 0 aromatic heterocycles. The zero-order valence-electron chi connectivity index (χ0n) is 10.2. The predicted molar refractivity (Wildman–Crippen MR) is 73.7 cm³/mol. The highest BCUT2D eigenvalue weighted by Gasteiger charge is 2.16. The Balaban J connectivity index is 3.99. The summed E-state index contributed by atoms with van der Waals surface area (Å²) in [5.41, 5.74) is 0. The van der Waals surface area contributed by atoms with E-state index in [0.717, 1.165) is 25.7 Å². The van der Waals surface area contributed by atoms with Gasteiger partial charge in [-0.1, -0.05) is 56.3 Å². The molecule has 0 N–H and O–H groups in total. The standard InChI is InChI=1S/C12H19Cl3O2/c1-3-5-6-9(4-2)8-17-12(16)10(13)7-11(14)15/h7,9-10H,3-6,8H2,1-2H3. The second-order valence-electron chi connectivity index (χ2n) is 3.90. The molecular formula is C12H19Cl3O2. The zero-order valence-corrected chi connectivity index (χ0v) is 12.5. The molecular weight excluding hydrogens is 282 g/mol. The number of rotatable bonds is 8. The van der Waals surface area contributed by atoms with Crippen molar-refractivity contribution in [1.82, 2.24) is 0 Å². The van der Waals surface area contributed by atoms with Crippen LogP contribution >= 0.6 is 34.8 Å². The van der Waals surface area contributed by atoms with Crippen molar-refractivity contribution < 1.29 is 9.53 Å². The van der Waals surface area contributed by atoms with Crippen LogP contribution in [0.4, 0.5) is 0 Å². The van der Waals surface area contributed by atoms with Crippen LogP contribution in [-0.2, 0) is 9.53 Å². The van der Waals surface area contributed by atoms with Gasteiger partial charge in [0.05, 0.1) is 6.61 Å². The Bertz CT molecular complexity index is 250. The smallest absolute Gasteiger partial charge is 0.328 e. The highest BCUT2D eigenvalue weighted by Crippen LogP contribution is 2.15. The lowest BCUT2D eigenvalue weighted by molar-refractivity contribution is -0.143. The van der Waals surface area contributed by atoms with E-state index in [0.29, 0.717) is 12.5 Å². The molecule has 0 aromatic rings. The van der Waals surface area contributed by atoms with Crippen molar-refractivity contribution >= 4 is 40.8 Å². The van der Waals surface area contributed by atoms with Gasteiger partial charge in [0.25, 0.3) is 0 Å². The molecule has 0 saturated carbocycles. The van der Waals surface area contributed by atoms with Gasteiger partial charge in [-0.25, -0.2) is 0 Å². The van der Waals surface area contributed by atoms with Gasteiger partial charge < -0.3 is 4.74 Å². The molecule has 2 unspecified atom stereocenters. The van der Waals surface area contributed by atoms with E-state index in [1.54, 1.807) is 0 Å². The fourth-order valence-electron chi connectivity index (χ4n) is 1.36. The molecule has 0 heterocycles. The molecule has 0 fully saturated rings. The zero-order chi connectivity index (χ0) is 13.3. The number of carbonyl (C=O) groups excluding carboxylic acids is 1. The van der Waals surface area contributed by atoms with E-state index >= 15 is 0 Å². The summed E-state index contributed by atoms with van der Waals surface area (Å²) in [5.74, 6) is -0.0985. The number of alkyl halides is 1. The third-order valence-corrected chi connectivity index (χ3v) is 3.06. The molecule has 0 bridgehead atoms. The molecule has 2 atom stereocenters. The largest absolute Gasteiger partial charge is 0.464 e. The maximum absolute atomic E-state index is 11.5. The van der Waals surface area contributed by atoms with Gasteiger partial charge in [-0.3, -0.25) is 4.79 Å². The van der Waals surface area contributed by atoms with Gasteiger partial charge in [0.2, 0.25) is 0 Å².